The van der Waals surface area contributed by atoms with E-state index in [1.54, 1.807) is 13.0 Å². The van der Waals surface area contributed by atoms with Crippen molar-refractivity contribution in [3.05, 3.63) is 35.2 Å². The summed E-state index contributed by atoms with van der Waals surface area (Å²) >= 11 is 1.45. The van der Waals surface area contributed by atoms with E-state index in [2.05, 4.69) is 5.10 Å². The van der Waals surface area contributed by atoms with E-state index in [0.717, 1.165) is 4.88 Å². The quantitative estimate of drug-likeness (QED) is 0.514. The van der Waals surface area contributed by atoms with E-state index < -0.39 is 11.9 Å². The van der Waals surface area contributed by atoms with Crippen LogP contribution in [-0.4, -0.2) is 34.2 Å². The molecular weight excluding hydrogens is 356 g/mol. The van der Waals surface area contributed by atoms with Crippen molar-refractivity contribution in [3.8, 4) is 16.3 Å². The summed E-state index contributed by atoms with van der Waals surface area (Å²) in [5.41, 5.74) is 1.09. The first-order valence-corrected chi connectivity index (χ1v) is 8.77. The van der Waals surface area contributed by atoms with Crippen LogP contribution in [0.15, 0.2) is 29.6 Å². The summed E-state index contributed by atoms with van der Waals surface area (Å²) in [7, 11) is 0. The fourth-order valence-corrected chi connectivity index (χ4v) is 3.32. The van der Waals surface area contributed by atoms with Crippen LogP contribution in [0.5, 0.6) is 5.75 Å². The second kappa shape index (κ2) is 7.09. The third-order valence-corrected chi connectivity index (χ3v) is 4.44. The van der Waals surface area contributed by atoms with Crippen LogP contribution in [0, 0.1) is 0 Å². The zero-order chi connectivity index (χ0) is 18.8. The highest BCUT2D eigenvalue weighted by molar-refractivity contribution is 7.13. The van der Waals surface area contributed by atoms with Gasteiger partial charge in [-0.05, 0) is 30.5 Å². The molecule has 1 aromatic carbocycles. The van der Waals surface area contributed by atoms with Crippen LogP contribution < -0.4 is 4.74 Å². The van der Waals surface area contributed by atoms with Gasteiger partial charge in [0.05, 0.1) is 17.0 Å². The molecule has 8 heteroatoms. The molecule has 0 aliphatic carbocycles. The Bertz CT molecular complexity index is 1000. The van der Waals surface area contributed by atoms with Gasteiger partial charge in [-0.25, -0.2) is 4.79 Å². The van der Waals surface area contributed by atoms with Gasteiger partial charge in [0.2, 0.25) is 5.91 Å². The minimum Gasteiger partial charge on any atom is -0.462 e. The molecule has 3 aromatic rings. The molecule has 0 amide bonds. The van der Waals surface area contributed by atoms with Crippen LogP contribution >= 0.6 is 11.3 Å². The normalized spacial score (nSPS) is 10.7. The van der Waals surface area contributed by atoms with E-state index in [0.29, 0.717) is 16.6 Å². The standard InChI is InChI=1S/C18H16N2O5S/c1-4-24-18(23)12-8-13-16(15-6-5-7-26-15)19-20(10(2)21)17(13)14(9-12)25-11(3)22/h5-9H,4H2,1-3H3. The largest absolute Gasteiger partial charge is 0.462 e. The molecule has 0 saturated carbocycles. The van der Waals surface area contributed by atoms with Crippen molar-refractivity contribution in [2.75, 3.05) is 6.61 Å². The van der Waals surface area contributed by atoms with Gasteiger partial charge in [0.25, 0.3) is 0 Å². The lowest BCUT2D eigenvalue weighted by Gasteiger charge is -2.08. The number of aromatic nitrogens is 2. The SMILES string of the molecule is CCOC(=O)c1cc(OC(C)=O)c2c(c1)c(-c1cccs1)nn2C(C)=O. The molecule has 0 aliphatic rings. The van der Waals surface area contributed by atoms with Gasteiger partial charge in [0.1, 0.15) is 11.2 Å². The zero-order valence-corrected chi connectivity index (χ0v) is 15.3. The summed E-state index contributed by atoms with van der Waals surface area (Å²) in [6.45, 7) is 4.53. The highest BCUT2D eigenvalue weighted by Gasteiger charge is 2.23. The third-order valence-electron chi connectivity index (χ3n) is 3.56. The van der Waals surface area contributed by atoms with Gasteiger partial charge in [-0.3, -0.25) is 9.59 Å². The van der Waals surface area contributed by atoms with Gasteiger partial charge < -0.3 is 9.47 Å². The Morgan fingerprint density at radius 1 is 1.23 bits per heavy atom. The van der Waals surface area contributed by atoms with Gasteiger partial charge in [-0.2, -0.15) is 9.78 Å². The first-order valence-electron chi connectivity index (χ1n) is 7.89. The van der Waals surface area contributed by atoms with E-state index >= 15 is 0 Å². The molecule has 7 nitrogen and oxygen atoms in total. The summed E-state index contributed by atoms with van der Waals surface area (Å²) in [5, 5.41) is 6.80. The van der Waals surface area contributed by atoms with Crippen molar-refractivity contribution in [3.63, 3.8) is 0 Å². The van der Waals surface area contributed by atoms with Crippen molar-refractivity contribution in [2.24, 2.45) is 0 Å². The van der Waals surface area contributed by atoms with Crippen molar-refractivity contribution in [2.45, 2.75) is 20.8 Å². The molecule has 0 atom stereocenters. The Hall–Kier alpha value is -3.00. The zero-order valence-electron chi connectivity index (χ0n) is 14.4. The smallest absolute Gasteiger partial charge is 0.338 e. The molecule has 0 bridgehead atoms. The molecule has 2 heterocycles. The topological polar surface area (TPSA) is 87.5 Å². The summed E-state index contributed by atoms with van der Waals surface area (Å²) in [5.74, 6) is -1.37. The van der Waals surface area contributed by atoms with E-state index in [9.17, 15) is 14.4 Å². The monoisotopic (exact) mass is 372 g/mol. The fraction of sp³-hybridized carbons (Fsp3) is 0.222. The molecule has 0 fully saturated rings. The molecule has 26 heavy (non-hydrogen) atoms. The molecule has 2 aromatic heterocycles. The summed E-state index contributed by atoms with van der Waals surface area (Å²) in [6, 6.07) is 6.71. The molecule has 0 N–H and O–H groups in total. The fourth-order valence-electron chi connectivity index (χ4n) is 2.60. The van der Waals surface area contributed by atoms with Crippen LogP contribution in [0.2, 0.25) is 0 Å². The van der Waals surface area contributed by atoms with Crippen LogP contribution in [0.25, 0.3) is 21.5 Å². The van der Waals surface area contributed by atoms with Gasteiger partial charge >= 0.3 is 11.9 Å². The van der Waals surface area contributed by atoms with Crippen LogP contribution in [0.3, 0.4) is 0 Å². The minimum absolute atomic E-state index is 0.0866. The van der Waals surface area contributed by atoms with E-state index in [4.69, 9.17) is 9.47 Å². The van der Waals surface area contributed by atoms with Gasteiger partial charge in [0.15, 0.2) is 5.75 Å². The highest BCUT2D eigenvalue weighted by Crippen LogP contribution is 2.37. The number of benzene rings is 1. The first kappa shape index (κ1) is 17.8. The molecular formula is C18H16N2O5S. The number of hydrogen-bond acceptors (Lipinski definition) is 7. The lowest BCUT2D eigenvalue weighted by Crippen LogP contribution is -2.11. The molecule has 0 radical (unpaired) electrons. The molecule has 0 aliphatic heterocycles. The Morgan fingerprint density at radius 3 is 2.58 bits per heavy atom. The van der Waals surface area contributed by atoms with Gasteiger partial charge in [0, 0.05) is 19.2 Å². The van der Waals surface area contributed by atoms with Crippen LogP contribution in [0.1, 0.15) is 35.9 Å². The maximum Gasteiger partial charge on any atom is 0.338 e. The number of carbonyl (C=O) groups is 3. The second-order valence-electron chi connectivity index (χ2n) is 5.44. The molecule has 0 saturated heterocycles. The van der Waals surface area contributed by atoms with E-state index in [-0.39, 0.29) is 23.8 Å². The maximum absolute atomic E-state index is 12.2. The summed E-state index contributed by atoms with van der Waals surface area (Å²) in [6.07, 6.45) is 0. The van der Waals surface area contributed by atoms with E-state index in [1.807, 2.05) is 17.5 Å². The van der Waals surface area contributed by atoms with Crippen LogP contribution in [-0.2, 0) is 9.53 Å². The van der Waals surface area contributed by atoms with Crippen molar-refractivity contribution in [1.29, 1.82) is 0 Å². The number of nitrogens with zero attached hydrogens (tertiary/aromatic N) is 2. The van der Waals surface area contributed by atoms with Crippen molar-refractivity contribution in [1.82, 2.24) is 9.78 Å². The number of ether oxygens (including phenoxy) is 2. The predicted molar refractivity (Wildman–Crippen MR) is 96.6 cm³/mol. The number of fused-ring (bicyclic) bond motifs is 1. The highest BCUT2D eigenvalue weighted by atomic mass is 32.1. The Labute approximate surface area is 153 Å². The number of hydrogen-bond donors (Lipinski definition) is 0. The number of esters is 2. The Kier molecular flexibility index (Phi) is 4.85. The van der Waals surface area contributed by atoms with Gasteiger partial charge in [-0.1, -0.05) is 6.07 Å². The first-order chi connectivity index (χ1) is 12.4. The van der Waals surface area contributed by atoms with Crippen LogP contribution in [0.4, 0.5) is 0 Å². The second-order valence-corrected chi connectivity index (χ2v) is 6.39. The minimum atomic E-state index is -0.568. The molecule has 134 valence electrons. The average molecular weight is 372 g/mol. The van der Waals surface area contributed by atoms with E-state index in [1.165, 1.54) is 35.9 Å². The van der Waals surface area contributed by atoms with Gasteiger partial charge in [-0.15, -0.1) is 11.3 Å². The Balaban J connectivity index is 2.35. The van der Waals surface area contributed by atoms with Crippen molar-refractivity contribution < 1.29 is 23.9 Å². The summed E-state index contributed by atoms with van der Waals surface area (Å²) < 4.78 is 11.5. The Morgan fingerprint density at radius 2 is 2.00 bits per heavy atom. The van der Waals surface area contributed by atoms with Crippen molar-refractivity contribution >= 4 is 40.1 Å². The average Bonchev–Trinajstić information content (AvgIpc) is 3.21. The number of rotatable bonds is 4. The third kappa shape index (κ3) is 3.23. The number of carbonyl (C=O) groups excluding carboxylic acids is 3. The summed E-state index contributed by atoms with van der Waals surface area (Å²) in [4.78, 5) is 36.6. The lowest BCUT2D eigenvalue weighted by atomic mass is 10.1. The lowest BCUT2D eigenvalue weighted by molar-refractivity contribution is -0.131. The maximum atomic E-state index is 12.2. The molecule has 0 unspecified atom stereocenters. The predicted octanol–water partition coefficient (Wildman–Crippen LogP) is 3.53. The molecule has 3 rings (SSSR count). The number of thiophene rings is 1. The molecule has 0 spiro atoms.